The Labute approximate surface area is 150 Å². The lowest BCUT2D eigenvalue weighted by molar-refractivity contribution is 0.346. The molecular weight excluding hydrogens is 393 g/mol. The molecule has 0 bridgehead atoms. The molecule has 0 aromatic carbocycles. The van der Waals surface area contributed by atoms with Crippen LogP contribution in [0, 0.1) is 12.3 Å². The second kappa shape index (κ2) is 10.0. The number of aromatic nitrogens is 2. The lowest BCUT2D eigenvalue weighted by Gasteiger charge is -2.23. The summed E-state index contributed by atoms with van der Waals surface area (Å²) in [7, 11) is 0. The Morgan fingerprint density at radius 2 is 2.05 bits per heavy atom. The number of rotatable bonds is 6. The highest BCUT2D eigenvalue weighted by atomic mass is 127. The summed E-state index contributed by atoms with van der Waals surface area (Å²) >= 11 is 0. The molecule has 0 aliphatic carbocycles. The molecule has 22 heavy (non-hydrogen) atoms. The van der Waals surface area contributed by atoms with E-state index in [9.17, 15) is 0 Å². The molecular formula is C15H30IN5O. The number of halogens is 1. The molecule has 6 nitrogen and oxygen atoms in total. The van der Waals surface area contributed by atoms with Gasteiger partial charge >= 0.3 is 0 Å². The number of nitrogens with one attached hydrogen (secondary N) is 2. The van der Waals surface area contributed by atoms with Crippen LogP contribution < -0.4 is 10.6 Å². The fraction of sp³-hybridized carbons (Fsp3) is 0.800. The first-order valence-corrected chi connectivity index (χ1v) is 7.64. The van der Waals surface area contributed by atoms with Crippen LogP contribution in [0.3, 0.4) is 0 Å². The normalized spacial score (nSPS) is 13.5. The molecule has 0 radical (unpaired) electrons. The summed E-state index contributed by atoms with van der Waals surface area (Å²) in [6.07, 6.45) is 2.28. The molecule has 1 aromatic heterocycles. The van der Waals surface area contributed by atoms with Crippen LogP contribution in [0.2, 0.25) is 0 Å². The summed E-state index contributed by atoms with van der Waals surface area (Å²) in [6.45, 7) is 14.0. The maximum atomic E-state index is 4.94. The number of hydrogen-bond acceptors (Lipinski definition) is 4. The standard InChI is InChI=1S/C15H29N5O.HI/c1-7-16-14(17-10-13-19-12(3)21-20-13)18-11(2)8-9-15(4,5)6;/h11H,7-10H2,1-6H3,(H2,16,17,18);1H. The van der Waals surface area contributed by atoms with Crippen molar-refractivity contribution in [2.24, 2.45) is 10.4 Å². The third-order valence-electron chi connectivity index (χ3n) is 3.00. The molecule has 2 N–H and O–H groups in total. The van der Waals surface area contributed by atoms with Gasteiger partial charge in [-0.15, -0.1) is 24.0 Å². The van der Waals surface area contributed by atoms with Crippen molar-refractivity contribution in [3.05, 3.63) is 11.7 Å². The van der Waals surface area contributed by atoms with Gasteiger partial charge in [-0.05, 0) is 32.1 Å². The van der Waals surface area contributed by atoms with E-state index in [1.165, 1.54) is 6.42 Å². The average Bonchev–Trinajstić information content (AvgIpc) is 2.79. The summed E-state index contributed by atoms with van der Waals surface area (Å²) in [5.74, 6) is 1.96. The molecule has 1 atom stereocenters. The van der Waals surface area contributed by atoms with Gasteiger partial charge in [0.1, 0.15) is 6.54 Å². The van der Waals surface area contributed by atoms with E-state index in [4.69, 9.17) is 4.52 Å². The van der Waals surface area contributed by atoms with E-state index in [2.05, 4.69) is 60.4 Å². The number of guanidine groups is 1. The van der Waals surface area contributed by atoms with E-state index in [0.717, 1.165) is 18.9 Å². The second-order valence-corrected chi connectivity index (χ2v) is 6.57. The van der Waals surface area contributed by atoms with Crippen molar-refractivity contribution in [1.82, 2.24) is 20.8 Å². The van der Waals surface area contributed by atoms with E-state index in [-0.39, 0.29) is 24.0 Å². The van der Waals surface area contributed by atoms with E-state index in [0.29, 0.717) is 29.7 Å². The lowest BCUT2D eigenvalue weighted by atomic mass is 9.89. The average molecular weight is 423 g/mol. The zero-order valence-corrected chi connectivity index (χ0v) is 16.9. The van der Waals surface area contributed by atoms with Gasteiger partial charge in [0.15, 0.2) is 11.8 Å². The first-order valence-electron chi connectivity index (χ1n) is 7.64. The van der Waals surface area contributed by atoms with E-state index in [1.54, 1.807) is 6.92 Å². The van der Waals surface area contributed by atoms with Gasteiger partial charge in [-0.25, -0.2) is 4.99 Å². The van der Waals surface area contributed by atoms with Crippen molar-refractivity contribution in [3.8, 4) is 0 Å². The van der Waals surface area contributed by atoms with Crippen molar-refractivity contribution < 1.29 is 4.52 Å². The van der Waals surface area contributed by atoms with Gasteiger partial charge in [-0.2, -0.15) is 4.98 Å². The van der Waals surface area contributed by atoms with Crippen LogP contribution in [0.15, 0.2) is 9.52 Å². The monoisotopic (exact) mass is 423 g/mol. The first-order chi connectivity index (χ1) is 9.80. The minimum Gasteiger partial charge on any atom is -0.357 e. The maximum Gasteiger partial charge on any atom is 0.223 e. The Bertz CT molecular complexity index is 453. The molecule has 0 saturated carbocycles. The number of hydrogen-bond donors (Lipinski definition) is 2. The van der Waals surface area contributed by atoms with E-state index in [1.807, 2.05) is 0 Å². The van der Waals surface area contributed by atoms with E-state index >= 15 is 0 Å². The quantitative estimate of drug-likeness (QED) is 0.417. The fourth-order valence-electron chi connectivity index (χ4n) is 1.83. The van der Waals surface area contributed by atoms with Crippen LogP contribution in [0.5, 0.6) is 0 Å². The van der Waals surface area contributed by atoms with Gasteiger partial charge < -0.3 is 15.2 Å². The van der Waals surface area contributed by atoms with Crippen LogP contribution in [0.4, 0.5) is 0 Å². The molecule has 1 heterocycles. The van der Waals surface area contributed by atoms with Gasteiger partial charge in [0.05, 0.1) is 0 Å². The number of aliphatic imine (C=N–C) groups is 1. The Morgan fingerprint density at radius 1 is 1.36 bits per heavy atom. The molecule has 0 aliphatic rings. The van der Waals surface area contributed by atoms with Crippen molar-refractivity contribution in [2.45, 2.75) is 67.0 Å². The van der Waals surface area contributed by atoms with Crippen LogP contribution in [-0.2, 0) is 6.54 Å². The van der Waals surface area contributed by atoms with Gasteiger partial charge in [-0.1, -0.05) is 25.9 Å². The molecule has 0 fully saturated rings. The number of nitrogens with zero attached hydrogens (tertiary/aromatic N) is 3. The number of aryl methyl sites for hydroxylation is 1. The van der Waals surface area contributed by atoms with Crippen molar-refractivity contribution >= 4 is 29.9 Å². The van der Waals surface area contributed by atoms with Gasteiger partial charge in [0, 0.05) is 19.5 Å². The zero-order chi connectivity index (χ0) is 15.9. The summed E-state index contributed by atoms with van der Waals surface area (Å²) in [5.41, 5.74) is 0.355. The Morgan fingerprint density at radius 3 is 2.55 bits per heavy atom. The second-order valence-electron chi connectivity index (χ2n) is 6.57. The predicted molar refractivity (Wildman–Crippen MR) is 101 cm³/mol. The SMILES string of the molecule is CCNC(=NCc1noc(C)n1)NC(C)CCC(C)(C)C.I. The molecule has 1 unspecified atom stereocenters. The minimum absolute atomic E-state index is 0. The van der Waals surface area contributed by atoms with Crippen molar-refractivity contribution in [2.75, 3.05) is 6.54 Å². The topological polar surface area (TPSA) is 75.3 Å². The van der Waals surface area contributed by atoms with Crippen molar-refractivity contribution in [3.63, 3.8) is 0 Å². The highest BCUT2D eigenvalue weighted by molar-refractivity contribution is 14.0. The van der Waals surface area contributed by atoms with E-state index < -0.39 is 0 Å². The molecule has 0 aliphatic heterocycles. The smallest absolute Gasteiger partial charge is 0.223 e. The largest absolute Gasteiger partial charge is 0.357 e. The molecule has 0 saturated heterocycles. The molecule has 1 aromatic rings. The summed E-state index contributed by atoms with van der Waals surface area (Å²) in [6, 6.07) is 0.369. The molecule has 0 amide bonds. The highest BCUT2D eigenvalue weighted by Crippen LogP contribution is 2.21. The maximum absolute atomic E-state index is 4.94. The zero-order valence-electron chi connectivity index (χ0n) is 14.6. The fourth-order valence-corrected chi connectivity index (χ4v) is 1.83. The Kier molecular flexibility index (Phi) is 9.63. The predicted octanol–water partition coefficient (Wildman–Crippen LogP) is 3.27. The molecule has 1 rings (SSSR count). The van der Waals surface area contributed by atoms with Gasteiger partial charge in [0.25, 0.3) is 0 Å². The molecule has 128 valence electrons. The summed E-state index contributed by atoms with van der Waals surface area (Å²) < 4.78 is 4.94. The Hall–Kier alpha value is -0.860. The minimum atomic E-state index is 0. The van der Waals surface area contributed by atoms with Gasteiger partial charge in [-0.3, -0.25) is 0 Å². The van der Waals surface area contributed by atoms with Crippen LogP contribution >= 0.6 is 24.0 Å². The van der Waals surface area contributed by atoms with Crippen molar-refractivity contribution in [1.29, 1.82) is 0 Å². The van der Waals surface area contributed by atoms with Crippen LogP contribution in [0.25, 0.3) is 0 Å². The molecule has 7 heteroatoms. The summed E-state index contributed by atoms with van der Waals surface area (Å²) in [5, 5.41) is 10.5. The first kappa shape index (κ1) is 21.1. The van der Waals surface area contributed by atoms with Crippen LogP contribution in [-0.4, -0.2) is 28.7 Å². The highest BCUT2D eigenvalue weighted by Gasteiger charge is 2.13. The molecule has 0 spiro atoms. The van der Waals surface area contributed by atoms with Gasteiger partial charge in [0.2, 0.25) is 5.89 Å². The Balaban J connectivity index is 0.00000441. The van der Waals surface area contributed by atoms with Crippen LogP contribution in [0.1, 0.15) is 59.2 Å². The third-order valence-corrected chi connectivity index (χ3v) is 3.00. The lowest BCUT2D eigenvalue weighted by Crippen LogP contribution is -2.42. The summed E-state index contributed by atoms with van der Waals surface area (Å²) in [4.78, 5) is 8.64. The third kappa shape index (κ3) is 9.22.